The van der Waals surface area contributed by atoms with E-state index in [0.29, 0.717) is 24.0 Å². The summed E-state index contributed by atoms with van der Waals surface area (Å²) in [6.07, 6.45) is 2.54. The molecule has 0 aromatic rings. The van der Waals surface area contributed by atoms with E-state index in [2.05, 4.69) is 18.6 Å². The number of ketones is 2. The van der Waals surface area contributed by atoms with E-state index in [-0.39, 0.29) is 23.5 Å². The summed E-state index contributed by atoms with van der Waals surface area (Å²) >= 11 is 0. The molecule has 0 heterocycles. The molecule has 3 aliphatic rings. The normalized spacial score (nSPS) is 41.2. The second-order valence-electron chi connectivity index (χ2n) is 6.78. The molecule has 0 unspecified atom stereocenters. The SMILES string of the molecule is CC(C)[C@@H]1C[C@H]2[C@@H](C)C(=O)[C@@H]1C[C@]2(C)C(=O)C=[N+]=[N-]. The summed E-state index contributed by atoms with van der Waals surface area (Å²) < 4.78 is 0. The standard InChI is InChI=1S/C15H22N2O2/c1-8(2)10-5-12-9(3)14(19)11(10)6-15(12,4)13(18)7-17-16/h7-12H,5-6H2,1-4H3/t9-,10+,11-,12+,15+/m1/s1. The van der Waals surface area contributed by atoms with E-state index in [1.165, 1.54) is 0 Å². The highest BCUT2D eigenvalue weighted by Crippen LogP contribution is 2.57. The Morgan fingerprint density at radius 1 is 1.53 bits per heavy atom. The lowest BCUT2D eigenvalue weighted by molar-refractivity contribution is -0.158. The molecule has 3 saturated carbocycles. The summed E-state index contributed by atoms with van der Waals surface area (Å²) in [4.78, 5) is 27.5. The summed E-state index contributed by atoms with van der Waals surface area (Å²) in [6.45, 7) is 8.17. The first kappa shape index (κ1) is 14.1. The zero-order valence-corrected chi connectivity index (χ0v) is 12.1. The quantitative estimate of drug-likeness (QED) is 0.445. The van der Waals surface area contributed by atoms with Crippen LogP contribution in [0, 0.1) is 35.0 Å². The van der Waals surface area contributed by atoms with Gasteiger partial charge in [0.2, 0.25) is 5.78 Å². The first-order chi connectivity index (χ1) is 8.82. The second kappa shape index (κ2) is 4.68. The van der Waals surface area contributed by atoms with Crippen molar-refractivity contribution >= 4 is 17.8 Å². The minimum atomic E-state index is -0.546. The number of carbonyl (C=O) groups excluding carboxylic acids is 2. The fraction of sp³-hybridized carbons (Fsp3) is 0.800. The van der Waals surface area contributed by atoms with E-state index in [1.54, 1.807) is 0 Å². The fourth-order valence-corrected chi connectivity index (χ4v) is 4.30. The van der Waals surface area contributed by atoms with Gasteiger partial charge in [0.25, 0.3) is 0 Å². The van der Waals surface area contributed by atoms with Crippen LogP contribution in [0.1, 0.15) is 40.5 Å². The monoisotopic (exact) mass is 262 g/mol. The van der Waals surface area contributed by atoms with Crippen LogP contribution in [-0.4, -0.2) is 22.6 Å². The molecular formula is C15H22N2O2. The summed E-state index contributed by atoms with van der Waals surface area (Å²) in [7, 11) is 0. The van der Waals surface area contributed by atoms with Gasteiger partial charge in [-0.15, -0.1) is 0 Å². The van der Waals surface area contributed by atoms with Crippen LogP contribution in [0.3, 0.4) is 0 Å². The van der Waals surface area contributed by atoms with Crippen molar-refractivity contribution in [1.29, 1.82) is 0 Å². The Kier molecular flexibility index (Phi) is 3.48. The molecule has 3 rings (SSSR count). The molecule has 104 valence electrons. The zero-order valence-electron chi connectivity index (χ0n) is 12.1. The van der Waals surface area contributed by atoms with Gasteiger partial charge in [-0.25, -0.2) is 0 Å². The van der Waals surface area contributed by atoms with Gasteiger partial charge in [-0.05, 0) is 30.6 Å². The average molecular weight is 262 g/mol. The number of nitrogens with zero attached hydrogens (tertiary/aromatic N) is 2. The number of carbonyl (C=O) groups is 2. The molecule has 2 bridgehead atoms. The summed E-state index contributed by atoms with van der Waals surface area (Å²) in [5, 5.41) is 0. The molecule has 0 aromatic heterocycles. The Hall–Kier alpha value is -1.28. The van der Waals surface area contributed by atoms with E-state index in [9.17, 15) is 9.59 Å². The molecule has 19 heavy (non-hydrogen) atoms. The van der Waals surface area contributed by atoms with Crippen LogP contribution in [0.4, 0.5) is 0 Å². The van der Waals surface area contributed by atoms with Crippen molar-refractivity contribution in [2.24, 2.45) is 35.0 Å². The van der Waals surface area contributed by atoms with E-state index in [0.717, 1.165) is 12.6 Å². The molecule has 0 N–H and O–H groups in total. The first-order valence-electron chi connectivity index (χ1n) is 7.08. The topological polar surface area (TPSA) is 70.5 Å². The Balaban J connectivity index is 2.38. The molecule has 3 fully saturated rings. The van der Waals surface area contributed by atoms with E-state index < -0.39 is 5.41 Å². The van der Waals surface area contributed by atoms with E-state index in [4.69, 9.17) is 5.53 Å². The van der Waals surface area contributed by atoms with Gasteiger partial charge in [-0.3, -0.25) is 9.59 Å². The predicted molar refractivity (Wildman–Crippen MR) is 71.5 cm³/mol. The summed E-state index contributed by atoms with van der Waals surface area (Å²) in [5.41, 5.74) is 8.05. The molecule has 4 heteroatoms. The lowest BCUT2D eigenvalue weighted by Crippen LogP contribution is -2.57. The highest BCUT2D eigenvalue weighted by Gasteiger charge is 2.59. The Morgan fingerprint density at radius 2 is 2.16 bits per heavy atom. The van der Waals surface area contributed by atoms with Crippen molar-refractivity contribution in [1.82, 2.24) is 0 Å². The molecule has 0 aromatic carbocycles. The van der Waals surface area contributed by atoms with Gasteiger partial charge >= 0.3 is 6.21 Å². The molecule has 4 nitrogen and oxygen atoms in total. The summed E-state index contributed by atoms with van der Waals surface area (Å²) in [6, 6.07) is 0. The minimum Gasteiger partial charge on any atom is -0.361 e. The highest BCUT2D eigenvalue weighted by atomic mass is 16.1. The number of fused-ring (bicyclic) bond motifs is 3. The van der Waals surface area contributed by atoms with Crippen LogP contribution < -0.4 is 0 Å². The van der Waals surface area contributed by atoms with Crippen LogP contribution in [0.2, 0.25) is 0 Å². The van der Waals surface area contributed by atoms with Crippen molar-refractivity contribution in [3.8, 4) is 0 Å². The zero-order chi connectivity index (χ0) is 14.4. The molecule has 0 aliphatic heterocycles. The number of hydrogen-bond donors (Lipinski definition) is 0. The van der Waals surface area contributed by atoms with Crippen LogP contribution in [0.5, 0.6) is 0 Å². The third-order valence-corrected chi connectivity index (χ3v) is 5.52. The number of Topliss-reactive ketones (excluding diaryl/α,β-unsaturated/α-hetero) is 2. The molecule has 0 amide bonds. The smallest absolute Gasteiger partial charge is 0.323 e. The fourth-order valence-electron chi connectivity index (χ4n) is 4.30. The number of rotatable bonds is 3. The van der Waals surface area contributed by atoms with Crippen molar-refractivity contribution in [3.63, 3.8) is 0 Å². The molecule has 0 spiro atoms. The van der Waals surface area contributed by atoms with Gasteiger partial charge in [-0.2, -0.15) is 4.79 Å². The Morgan fingerprint density at radius 3 is 2.68 bits per heavy atom. The molecule has 0 radical (unpaired) electrons. The average Bonchev–Trinajstić information content (AvgIpc) is 2.35. The maximum Gasteiger partial charge on any atom is 0.323 e. The first-order valence-corrected chi connectivity index (χ1v) is 7.08. The van der Waals surface area contributed by atoms with Crippen LogP contribution >= 0.6 is 0 Å². The molecule has 0 saturated heterocycles. The molecule has 5 atom stereocenters. The van der Waals surface area contributed by atoms with Crippen molar-refractivity contribution in [2.75, 3.05) is 0 Å². The summed E-state index contributed by atoms with van der Waals surface area (Å²) in [5.74, 6) is 1.03. The van der Waals surface area contributed by atoms with Gasteiger partial charge in [0.05, 0.1) is 0 Å². The van der Waals surface area contributed by atoms with Gasteiger partial charge in [0.15, 0.2) is 0 Å². The van der Waals surface area contributed by atoms with Crippen molar-refractivity contribution in [2.45, 2.75) is 40.5 Å². The van der Waals surface area contributed by atoms with Crippen molar-refractivity contribution < 1.29 is 14.4 Å². The van der Waals surface area contributed by atoms with Gasteiger partial charge in [-0.1, -0.05) is 27.7 Å². The lowest BCUT2D eigenvalue weighted by atomic mass is 9.47. The Labute approximate surface area is 114 Å². The Bertz CT molecular complexity index is 465. The third kappa shape index (κ3) is 1.99. The van der Waals surface area contributed by atoms with E-state index in [1.807, 2.05) is 13.8 Å². The maximum atomic E-state index is 12.4. The van der Waals surface area contributed by atoms with Crippen LogP contribution in [0.25, 0.3) is 5.53 Å². The van der Waals surface area contributed by atoms with Crippen molar-refractivity contribution in [3.05, 3.63) is 5.53 Å². The molecule has 3 aliphatic carbocycles. The largest absolute Gasteiger partial charge is 0.361 e. The van der Waals surface area contributed by atoms with Gasteiger partial charge in [0.1, 0.15) is 5.78 Å². The lowest BCUT2D eigenvalue weighted by Gasteiger charge is -2.54. The maximum absolute atomic E-state index is 12.4. The van der Waals surface area contributed by atoms with E-state index >= 15 is 0 Å². The minimum absolute atomic E-state index is 0.0129. The number of hydrogen-bond acceptors (Lipinski definition) is 2. The predicted octanol–water partition coefficient (Wildman–Crippen LogP) is 2.38. The van der Waals surface area contributed by atoms with Gasteiger partial charge < -0.3 is 5.53 Å². The molecular weight excluding hydrogens is 240 g/mol. The third-order valence-electron chi connectivity index (χ3n) is 5.52. The van der Waals surface area contributed by atoms with Gasteiger partial charge in [0, 0.05) is 17.3 Å². The van der Waals surface area contributed by atoms with Crippen LogP contribution in [-0.2, 0) is 9.59 Å². The van der Waals surface area contributed by atoms with Crippen LogP contribution in [0.15, 0.2) is 0 Å². The second-order valence-corrected chi connectivity index (χ2v) is 6.78. The highest BCUT2D eigenvalue weighted by molar-refractivity contribution is 6.28.